The molecule has 0 radical (unpaired) electrons. The molecule has 2 N–H and O–H groups in total. The summed E-state index contributed by atoms with van der Waals surface area (Å²) in [6.45, 7) is 6.02. The molecule has 1 aromatic heterocycles. The van der Waals surface area contributed by atoms with E-state index in [9.17, 15) is 12.8 Å². The van der Waals surface area contributed by atoms with Crippen LogP contribution in [0.15, 0.2) is 46.0 Å². The number of halogens is 1. The van der Waals surface area contributed by atoms with Gasteiger partial charge in [0, 0.05) is 17.0 Å². The molecule has 1 unspecified atom stereocenters. The molecule has 1 atom stereocenters. The normalized spacial score (nSPS) is 18.0. The first kappa shape index (κ1) is 23.7. The predicted octanol–water partition coefficient (Wildman–Crippen LogP) is 5.92. The maximum atomic E-state index is 13.6. The number of amidine groups is 1. The van der Waals surface area contributed by atoms with Crippen LogP contribution in [0.1, 0.15) is 63.5 Å². The van der Waals surface area contributed by atoms with Gasteiger partial charge in [-0.15, -0.1) is 0 Å². The van der Waals surface area contributed by atoms with E-state index >= 15 is 0 Å². The molecule has 0 saturated heterocycles. The maximum Gasteiger partial charge on any atom is 0.232 e. The van der Waals surface area contributed by atoms with Crippen molar-refractivity contribution >= 4 is 32.5 Å². The highest BCUT2D eigenvalue weighted by Gasteiger charge is 2.31. The minimum absolute atomic E-state index is 0.0769. The number of anilines is 1. The van der Waals surface area contributed by atoms with Crippen LogP contribution >= 0.6 is 0 Å². The fraction of sp³-hybridized carbons (Fsp3) is 0.423. The van der Waals surface area contributed by atoms with Gasteiger partial charge in [0.15, 0.2) is 12.1 Å². The quantitative estimate of drug-likeness (QED) is 0.381. The summed E-state index contributed by atoms with van der Waals surface area (Å²) in [6.07, 6.45) is 3.18. The van der Waals surface area contributed by atoms with Crippen LogP contribution in [0.3, 0.4) is 0 Å². The molecule has 1 aliphatic heterocycles. The summed E-state index contributed by atoms with van der Waals surface area (Å²) in [6, 6.07) is 9.81. The van der Waals surface area contributed by atoms with E-state index in [2.05, 4.69) is 29.0 Å². The largest absolute Gasteiger partial charge is 0.455 e. The zero-order chi connectivity index (χ0) is 24.7. The number of hydrogen-bond acceptors (Lipinski definition) is 6. The van der Waals surface area contributed by atoms with Crippen molar-refractivity contribution in [2.45, 2.75) is 58.6 Å². The lowest BCUT2D eigenvalue weighted by Gasteiger charge is -2.13. The zero-order valence-electron chi connectivity index (χ0n) is 20.1. The molecular weight excluding hydrogens is 469 g/mol. The number of fused-ring (bicyclic) bond motifs is 1. The molecule has 1 saturated carbocycles. The Morgan fingerprint density at radius 3 is 2.57 bits per heavy atom. The van der Waals surface area contributed by atoms with Crippen LogP contribution in [-0.2, 0) is 14.9 Å². The second-order valence-electron chi connectivity index (χ2n) is 9.81. The van der Waals surface area contributed by atoms with Crippen LogP contribution in [0.25, 0.3) is 22.3 Å². The number of hydrogen-bond donors (Lipinski definition) is 2. The van der Waals surface area contributed by atoms with Gasteiger partial charge in [-0.1, -0.05) is 19.0 Å². The molecule has 0 bridgehead atoms. The summed E-state index contributed by atoms with van der Waals surface area (Å²) in [5.74, 6) is 1.52. The predicted molar refractivity (Wildman–Crippen MR) is 135 cm³/mol. The van der Waals surface area contributed by atoms with Crippen LogP contribution < -0.4 is 10.0 Å². The maximum absolute atomic E-state index is 13.6. The number of benzene rings is 2. The average molecular weight is 500 g/mol. The van der Waals surface area contributed by atoms with Gasteiger partial charge < -0.3 is 14.6 Å². The standard InChI is InChI=1S/C26H30FN3O4S/c1-15(2)5-4-12-35(31,32)30-22-14-23-21(13-20(22)17-6-7-17)24(26-28-16(3)34-29-26)25(33-23)18-8-10-19(27)11-9-18/h8-11,13-17,30H,4-7,12H2,1-3H3,(H,28,29). The summed E-state index contributed by atoms with van der Waals surface area (Å²) >= 11 is 0. The van der Waals surface area contributed by atoms with Crippen molar-refractivity contribution in [2.75, 3.05) is 10.5 Å². The highest BCUT2D eigenvalue weighted by atomic mass is 32.2. The Morgan fingerprint density at radius 1 is 1.20 bits per heavy atom. The molecule has 35 heavy (non-hydrogen) atoms. The summed E-state index contributed by atoms with van der Waals surface area (Å²) in [4.78, 5) is 5.37. The minimum Gasteiger partial charge on any atom is -0.455 e. The van der Waals surface area contributed by atoms with E-state index in [1.807, 2.05) is 13.0 Å². The van der Waals surface area contributed by atoms with E-state index in [-0.39, 0.29) is 17.8 Å². The van der Waals surface area contributed by atoms with Gasteiger partial charge in [0.05, 0.1) is 17.0 Å². The molecule has 1 fully saturated rings. The van der Waals surface area contributed by atoms with Crippen LogP contribution in [0, 0.1) is 11.7 Å². The van der Waals surface area contributed by atoms with Gasteiger partial charge in [-0.2, -0.15) is 0 Å². The summed E-state index contributed by atoms with van der Waals surface area (Å²) in [5.41, 5.74) is 3.42. The molecular formula is C26H30FN3O4S. The third kappa shape index (κ3) is 5.15. The third-order valence-electron chi connectivity index (χ3n) is 6.32. The van der Waals surface area contributed by atoms with Crippen molar-refractivity contribution < 1.29 is 22.1 Å². The second-order valence-corrected chi connectivity index (χ2v) is 11.7. The van der Waals surface area contributed by atoms with E-state index in [1.54, 1.807) is 18.2 Å². The molecule has 1 aliphatic carbocycles. The number of nitrogens with one attached hydrogen (secondary N) is 2. The lowest BCUT2D eigenvalue weighted by atomic mass is 10.0. The summed E-state index contributed by atoms with van der Waals surface area (Å²) in [7, 11) is -3.50. The molecule has 9 heteroatoms. The van der Waals surface area contributed by atoms with Gasteiger partial charge in [-0.05, 0) is 80.3 Å². The van der Waals surface area contributed by atoms with Crippen molar-refractivity contribution in [1.82, 2.24) is 5.32 Å². The molecule has 0 spiro atoms. The molecule has 3 aromatic rings. The fourth-order valence-electron chi connectivity index (χ4n) is 4.41. The van der Waals surface area contributed by atoms with E-state index in [0.29, 0.717) is 52.2 Å². The average Bonchev–Trinajstić information content (AvgIpc) is 3.44. The molecule has 2 aromatic carbocycles. The van der Waals surface area contributed by atoms with Gasteiger partial charge in [-0.3, -0.25) is 4.72 Å². The first-order valence-corrected chi connectivity index (χ1v) is 13.7. The molecule has 2 heterocycles. The third-order valence-corrected chi connectivity index (χ3v) is 7.68. The van der Waals surface area contributed by atoms with E-state index < -0.39 is 10.0 Å². The molecule has 0 amide bonds. The van der Waals surface area contributed by atoms with E-state index in [4.69, 9.17) is 9.25 Å². The Balaban J connectivity index is 1.60. The van der Waals surface area contributed by atoms with Crippen LogP contribution in [0.2, 0.25) is 0 Å². The summed E-state index contributed by atoms with van der Waals surface area (Å²) in [5, 5.41) is 8.20. The number of oxime groups is 1. The van der Waals surface area contributed by atoms with Gasteiger partial charge >= 0.3 is 0 Å². The molecule has 2 aliphatic rings. The number of nitrogens with zero attached hydrogens (tertiary/aromatic N) is 1. The van der Waals surface area contributed by atoms with Crippen molar-refractivity contribution in [2.24, 2.45) is 11.1 Å². The van der Waals surface area contributed by atoms with Crippen LogP contribution in [-0.4, -0.2) is 26.2 Å². The highest BCUT2D eigenvalue weighted by molar-refractivity contribution is 7.92. The Kier molecular flexibility index (Phi) is 6.21. The number of rotatable bonds is 9. The van der Waals surface area contributed by atoms with E-state index in [1.165, 1.54) is 12.1 Å². The van der Waals surface area contributed by atoms with E-state index in [0.717, 1.165) is 30.2 Å². The number of sulfonamides is 1. The Hall–Kier alpha value is -3.07. The smallest absolute Gasteiger partial charge is 0.232 e. The molecule has 5 rings (SSSR count). The lowest BCUT2D eigenvalue weighted by Crippen LogP contribution is -2.27. The lowest BCUT2D eigenvalue weighted by molar-refractivity contribution is 0.0874. The Labute approximate surface area is 204 Å². The zero-order valence-corrected chi connectivity index (χ0v) is 20.9. The van der Waals surface area contributed by atoms with Crippen molar-refractivity contribution in [3.63, 3.8) is 0 Å². The van der Waals surface area contributed by atoms with Crippen molar-refractivity contribution in [1.29, 1.82) is 0 Å². The fourth-order valence-corrected chi connectivity index (χ4v) is 5.58. The number of furan rings is 1. The van der Waals surface area contributed by atoms with Crippen molar-refractivity contribution in [3.8, 4) is 11.3 Å². The SMILES string of the molecule is CC(C)CCCS(=O)(=O)Nc1cc2oc(-c3ccc(F)cc3)c(C3=NOC(C)N3)c2cc1C1CC1. The monoisotopic (exact) mass is 499 g/mol. The first-order valence-electron chi connectivity index (χ1n) is 12.1. The van der Waals surface area contributed by atoms with Crippen LogP contribution in [0.5, 0.6) is 0 Å². The molecule has 7 nitrogen and oxygen atoms in total. The van der Waals surface area contributed by atoms with Crippen LogP contribution in [0.4, 0.5) is 10.1 Å². The minimum atomic E-state index is -3.50. The van der Waals surface area contributed by atoms with Gasteiger partial charge in [0.25, 0.3) is 0 Å². The molecule has 186 valence electrons. The summed E-state index contributed by atoms with van der Waals surface area (Å²) < 4.78 is 48.4. The second kappa shape index (κ2) is 9.18. The van der Waals surface area contributed by atoms with Gasteiger partial charge in [-0.25, -0.2) is 12.8 Å². The van der Waals surface area contributed by atoms with Crippen molar-refractivity contribution in [3.05, 3.63) is 53.3 Å². The van der Waals surface area contributed by atoms with Gasteiger partial charge in [0.1, 0.15) is 17.2 Å². The highest BCUT2D eigenvalue weighted by Crippen LogP contribution is 2.47. The first-order chi connectivity index (χ1) is 16.7. The van der Waals surface area contributed by atoms with Gasteiger partial charge in [0.2, 0.25) is 10.0 Å². The topological polar surface area (TPSA) is 92.9 Å². The Bertz CT molecular complexity index is 1380. The Morgan fingerprint density at radius 2 is 1.94 bits per heavy atom.